The molecule has 0 bridgehead atoms. The summed E-state index contributed by atoms with van der Waals surface area (Å²) >= 11 is 0. The molecule has 35 heavy (non-hydrogen) atoms. The Balaban J connectivity index is 1.88. The van der Waals surface area contributed by atoms with Gasteiger partial charge in [-0.25, -0.2) is 19.2 Å². The quantitative estimate of drug-likeness (QED) is 0.419. The molecular weight excluding hydrogens is 449 g/mol. The van der Waals surface area contributed by atoms with Gasteiger partial charge in [0.25, 0.3) is 0 Å². The fourth-order valence-electron chi connectivity index (χ4n) is 3.81. The van der Waals surface area contributed by atoms with Crippen LogP contribution in [0.4, 0.5) is 20.8 Å². The maximum atomic E-state index is 14.0. The third kappa shape index (κ3) is 5.03. The molecule has 2 aromatic heterocycles. The van der Waals surface area contributed by atoms with Crippen molar-refractivity contribution in [3.63, 3.8) is 0 Å². The standard InChI is InChI=1S/C26H28FN5O3/c1-26(2,3)35-25(33)32(14-16-9-11-19(34-5)12-10-16)24-21-22(31(4)15-29-21)20(23(28)30-24)17-7-6-8-18(27)13-17/h6-13,15H,14H2,1-5H3,(H2,28,30). The van der Waals surface area contributed by atoms with E-state index in [0.717, 1.165) is 5.56 Å². The molecule has 0 radical (unpaired) electrons. The van der Waals surface area contributed by atoms with Crippen molar-refractivity contribution in [1.29, 1.82) is 0 Å². The minimum absolute atomic E-state index is 0.144. The number of nitrogen functional groups attached to an aromatic ring is 1. The molecule has 0 unspecified atom stereocenters. The molecule has 2 N–H and O–H groups in total. The van der Waals surface area contributed by atoms with Gasteiger partial charge in [-0.3, -0.25) is 4.90 Å². The average molecular weight is 478 g/mol. The lowest BCUT2D eigenvalue weighted by atomic mass is 10.0. The number of methoxy groups -OCH3 is 1. The Morgan fingerprint density at radius 3 is 2.51 bits per heavy atom. The molecule has 4 aromatic rings. The van der Waals surface area contributed by atoms with Gasteiger partial charge in [-0.1, -0.05) is 24.3 Å². The van der Waals surface area contributed by atoms with Crippen LogP contribution in [0.3, 0.4) is 0 Å². The third-order valence-corrected chi connectivity index (χ3v) is 5.35. The number of hydrogen-bond acceptors (Lipinski definition) is 6. The summed E-state index contributed by atoms with van der Waals surface area (Å²) in [6, 6.07) is 13.5. The van der Waals surface area contributed by atoms with Crippen LogP contribution < -0.4 is 15.4 Å². The molecule has 0 fully saturated rings. The normalized spacial score (nSPS) is 11.5. The molecule has 0 saturated carbocycles. The highest BCUT2D eigenvalue weighted by Crippen LogP contribution is 2.37. The Morgan fingerprint density at radius 2 is 1.89 bits per heavy atom. The van der Waals surface area contributed by atoms with Crippen molar-refractivity contribution in [2.45, 2.75) is 32.9 Å². The first-order valence-corrected chi connectivity index (χ1v) is 11.1. The van der Waals surface area contributed by atoms with Crippen LogP contribution in [0, 0.1) is 5.82 Å². The van der Waals surface area contributed by atoms with E-state index in [9.17, 15) is 9.18 Å². The van der Waals surface area contributed by atoms with Crippen LogP contribution in [0.1, 0.15) is 26.3 Å². The topological polar surface area (TPSA) is 95.5 Å². The molecule has 182 valence electrons. The van der Waals surface area contributed by atoms with E-state index in [4.69, 9.17) is 15.2 Å². The van der Waals surface area contributed by atoms with Gasteiger partial charge in [0.2, 0.25) is 0 Å². The molecule has 8 nitrogen and oxygen atoms in total. The van der Waals surface area contributed by atoms with Gasteiger partial charge in [-0.15, -0.1) is 0 Å². The SMILES string of the molecule is COc1ccc(CN(C(=O)OC(C)(C)C)c2nc(N)c(-c3cccc(F)c3)c3c2ncn3C)cc1. The van der Waals surface area contributed by atoms with Crippen molar-refractivity contribution in [3.8, 4) is 16.9 Å². The lowest BCUT2D eigenvalue weighted by Gasteiger charge is -2.27. The summed E-state index contributed by atoms with van der Waals surface area (Å²) in [6.07, 6.45) is 1.02. The number of pyridine rings is 1. The van der Waals surface area contributed by atoms with E-state index < -0.39 is 17.5 Å². The number of carbonyl (C=O) groups excluding carboxylic acids is 1. The summed E-state index contributed by atoms with van der Waals surface area (Å²) in [5, 5.41) is 0. The van der Waals surface area contributed by atoms with Gasteiger partial charge in [0.1, 0.15) is 28.5 Å². The molecule has 9 heteroatoms. The zero-order valence-electron chi connectivity index (χ0n) is 20.4. The number of benzene rings is 2. The Labute approximate surface area is 203 Å². The van der Waals surface area contributed by atoms with E-state index >= 15 is 0 Å². The fourth-order valence-corrected chi connectivity index (χ4v) is 3.81. The van der Waals surface area contributed by atoms with E-state index in [1.54, 1.807) is 50.9 Å². The number of ether oxygens (including phenoxy) is 2. The second kappa shape index (κ2) is 9.25. The molecule has 0 aliphatic rings. The average Bonchev–Trinajstić information content (AvgIpc) is 3.17. The number of carbonyl (C=O) groups is 1. The largest absolute Gasteiger partial charge is 0.497 e. The summed E-state index contributed by atoms with van der Waals surface area (Å²) < 4.78 is 26.7. The zero-order chi connectivity index (χ0) is 25.3. The molecule has 0 aliphatic heterocycles. The zero-order valence-corrected chi connectivity index (χ0v) is 20.4. The van der Waals surface area contributed by atoms with Gasteiger partial charge in [-0.2, -0.15) is 0 Å². The highest BCUT2D eigenvalue weighted by atomic mass is 19.1. The number of anilines is 2. The maximum absolute atomic E-state index is 14.0. The van der Waals surface area contributed by atoms with Crippen LogP contribution in [0.25, 0.3) is 22.2 Å². The minimum Gasteiger partial charge on any atom is -0.497 e. The summed E-state index contributed by atoms with van der Waals surface area (Å²) in [6.45, 7) is 5.54. The number of hydrogen-bond donors (Lipinski definition) is 1. The van der Waals surface area contributed by atoms with Crippen LogP contribution in [0.5, 0.6) is 5.75 Å². The number of imidazole rings is 1. The number of rotatable bonds is 5. The number of nitrogens with zero attached hydrogens (tertiary/aromatic N) is 4. The second-order valence-corrected chi connectivity index (χ2v) is 9.17. The van der Waals surface area contributed by atoms with Gasteiger partial charge in [-0.05, 0) is 56.2 Å². The van der Waals surface area contributed by atoms with Crippen LogP contribution in [0.15, 0.2) is 54.9 Å². The minimum atomic E-state index is -0.731. The third-order valence-electron chi connectivity index (χ3n) is 5.35. The molecule has 4 rings (SSSR count). The highest BCUT2D eigenvalue weighted by molar-refractivity contribution is 6.05. The first-order chi connectivity index (χ1) is 16.6. The number of aromatic nitrogens is 3. The number of amides is 1. The van der Waals surface area contributed by atoms with Crippen LogP contribution >= 0.6 is 0 Å². The second-order valence-electron chi connectivity index (χ2n) is 9.17. The Bertz CT molecular complexity index is 1380. The lowest BCUT2D eigenvalue weighted by Crippen LogP contribution is -2.37. The lowest BCUT2D eigenvalue weighted by molar-refractivity contribution is 0.0576. The van der Waals surface area contributed by atoms with E-state index in [1.165, 1.54) is 17.0 Å². The van der Waals surface area contributed by atoms with Crippen LogP contribution in [-0.4, -0.2) is 33.3 Å². The van der Waals surface area contributed by atoms with Crippen molar-refractivity contribution in [2.24, 2.45) is 7.05 Å². The van der Waals surface area contributed by atoms with E-state index in [0.29, 0.717) is 27.9 Å². The van der Waals surface area contributed by atoms with E-state index in [2.05, 4.69) is 9.97 Å². The summed E-state index contributed by atoms with van der Waals surface area (Å²) in [5.74, 6) is 0.705. The predicted octanol–water partition coefficient (Wildman–Crippen LogP) is 5.31. The number of nitrogens with two attached hydrogens (primary N) is 1. The first kappa shape index (κ1) is 24.0. The van der Waals surface area contributed by atoms with Gasteiger partial charge in [0.05, 0.1) is 31.1 Å². The Morgan fingerprint density at radius 1 is 1.17 bits per heavy atom. The number of fused-ring (bicyclic) bond motifs is 1. The molecule has 1 amide bonds. The van der Waals surface area contributed by atoms with Crippen molar-refractivity contribution in [3.05, 3.63) is 66.2 Å². The van der Waals surface area contributed by atoms with Crippen LogP contribution in [0.2, 0.25) is 0 Å². The summed E-state index contributed by atoms with van der Waals surface area (Å²) in [5.41, 5.74) is 8.70. The van der Waals surface area contributed by atoms with Crippen molar-refractivity contribution in [2.75, 3.05) is 17.7 Å². The molecule has 2 aromatic carbocycles. The monoisotopic (exact) mass is 477 g/mol. The summed E-state index contributed by atoms with van der Waals surface area (Å²) in [7, 11) is 3.40. The van der Waals surface area contributed by atoms with Gasteiger partial charge >= 0.3 is 6.09 Å². The molecule has 0 aliphatic carbocycles. The van der Waals surface area contributed by atoms with Gasteiger partial charge in [0.15, 0.2) is 5.82 Å². The molecular formula is C26H28FN5O3. The first-order valence-electron chi connectivity index (χ1n) is 11.1. The predicted molar refractivity (Wildman–Crippen MR) is 134 cm³/mol. The van der Waals surface area contributed by atoms with Crippen molar-refractivity contribution in [1.82, 2.24) is 14.5 Å². The van der Waals surface area contributed by atoms with Crippen LogP contribution in [-0.2, 0) is 18.3 Å². The van der Waals surface area contributed by atoms with E-state index in [-0.39, 0.29) is 18.2 Å². The van der Waals surface area contributed by atoms with Gasteiger partial charge < -0.3 is 19.8 Å². The Kier molecular flexibility index (Phi) is 6.34. The van der Waals surface area contributed by atoms with Gasteiger partial charge in [0, 0.05) is 7.05 Å². The van der Waals surface area contributed by atoms with E-state index in [1.807, 2.05) is 31.3 Å². The number of aryl methyl sites for hydroxylation is 1. The number of halogens is 1. The van der Waals surface area contributed by atoms with Crippen molar-refractivity contribution >= 4 is 28.8 Å². The molecule has 0 spiro atoms. The Hall–Kier alpha value is -4.14. The molecule has 0 atom stereocenters. The smallest absolute Gasteiger partial charge is 0.416 e. The highest BCUT2D eigenvalue weighted by Gasteiger charge is 2.29. The maximum Gasteiger partial charge on any atom is 0.416 e. The fraction of sp³-hybridized carbons (Fsp3) is 0.269. The molecule has 2 heterocycles. The van der Waals surface area contributed by atoms with Crippen molar-refractivity contribution < 1.29 is 18.7 Å². The summed E-state index contributed by atoms with van der Waals surface area (Å²) in [4.78, 5) is 23.9. The molecule has 0 saturated heterocycles.